The molecule has 0 aromatic carbocycles. The molecule has 0 aromatic rings. The van der Waals surface area contributed by atoms with E-state index < -0.39 is 0 Å². The molecule has 0 bridgehead atoms. The first-order chi connectivity index (χ1) is 5.54. The van der Waals surface area contributed by atoms with Gasteiger partial charge in [0.25, 0.3) is 0 Å². The van der Waals surface area contributed by atoms with Crippen LogP contribution in [0.3, 0.4) is 0 Å². The second kappa shape index (κ2) is 4.80. The molecule has 0 saturated carbocycles. The summed E-state index contributed by atoms with van der Waals surface area (Å²) in [5, 5.41) is 5.92. The van der Waals surface area contributed by atoms with Gasteiger partial charge in [0.2, 0.25) is 0 Å². The minimum atomic E-state index is 0.115. The number of hydrogen-bond donors (Lipinski definition) is 2. The molecule has 0 aliphatic carbocycles. The largest absolute Gasteiger partial charge is 0.375 e. The Kier molecular flexibility index (Phi) is 4.40. The highest BCUT2D eigenvalue weighted by molar-refractivity contribution is 5.94. The number of rotatable bonds is 4. The second-order valence-corrected chi connectivity index (χ2v) is 3.00. The summed E-state index contributed by atoms with van der Waals surface area (Å²) in [6, 6.07) is 0. The molecular formula is C9H18N2O. The fourth-order valence-corrected chi connectivity index (χ4v) is 1.27. The van der Waals surface area contributed by atoms with Gasteiger partial charge >= 0.3 is 0 Å². The molecule has 70 valence electrons. The van der Waals surface area contributed by atoms with Gasteiger partial charge in [-0.2, -0.15) is 0 Å². The van der Waals surface area contributed by atoms with Crippen molar-refractivity contribution in [3.8, 4) is 0 Å². The fraction of sp³-hybridized carbons (Fsp3) is 0.667. The van der Waals surface area contributed by atoms with Crippen LogP contribution in [0, 0.1) is 5.92 Å². The monoisotopic (exact) mass is 170 g/mol. The van der Waals surface area contributed by atoms with E-state index in [0.29, 0.717) is 0 Å². The zero-order valence-electron chi connectivity index (χ0n) is 8.49. The first-order valence-corrected chi connectivity index (χ1v) is 4.15. The van der Waals surface area contributed by atoms with Gasteiger partial charge in [0.1, 0.15) is 5.82 Å². The van der Waals surface area contributed by atoms with Gasteiger partial charge in [0, 0.05) is 19.7 Å². The molecule has 0 fully saturated rings. The molecule has 0 unspecified atom stereocenters. The van der Waals surface area contributed by atoms with Gasteiger partial charge in [-0.05, 0) is 12.8 Å². The average molecular weight is 170 g/mol. The van der Waals surface area contributed by atoms with Crippen molar-refractivity contribution in [1.82, 2.24) is 10.6 Å². The third-order valence-corrected chi connectivity index (χ3v) is 1.73. The van der Waals surface area contributed by atoms with Crippen molar-refractivity contribution in [3.63, 3.8) is 0 Å². The zero-order chi connectivity index (χ0) is 9.72. The van der Waals surface area contributed by atoms with Gasteiger partial charge in [-0.3, -0.25) is 4.79 Å². The van der Waals surface area contributed by atoms with Crippen LogP contribution in [0.25, 0.3) is 0 Å². The van der Waals surface area contributed by atoms with E-state index in [1.165, 1.54) is 0 Å². The van der Waals surface area contributed by atoms with Crippen LogP contribution in [-0.4, -0.2) is 19.9 Å². The van der Waals surface area contributed by atoms with Crippen LogP contribution in [-0.2, 0) is 4.79 Å². The van der Waals surface area contributed by atoms with Gasteiger partial charge in [-0.15, -0.1) is 0 Å². The molecule has 3 nitrogen and oxygen atoms in total. The molecule has 0 spiro atoms. The molecule has 0 radical (unpaired) electrons. The lowest BCUT2D eigenvalue weighted by atomic mass is 10.00. The number of Topliss-reactive ketones (excluding diaryl/α,β-unsaturated/α-hetero) is 1. The van der Waals surface area contributed by atoms with E-state index in [1.54, 1.807) is 21.0 Å². The van der Waals surface area contributed by atoms with E-state index in [2.05, 4.69) is 10.6 Å². The molecule has 0 saturated heterocycles. The molecule has 0 amide bonds. The number of carbonyl (C=O) groups is 1. The van der Waals surface area contributed by atoms with Crippen LogP contribution in [0.2, 0.25) is 0 Å². The van der Waals surface area contributed by atoms with Crippen molar-refractivity contribution in [2.24, 2.45) is 5.92 Å². The molecule has 0 aliphatic rings. The summed E-state index contributed by atoms with van der Waals surface area (Å²) in [7, 11) is 3.61. The minimum Gasteiger partial charge on any atom is -0.375 e. The number of allylic oxidation sites excluding steroid dienone is 1. The highest BCUT2D eigenvalue weighted by Crippen LogP contribution is 2.12. The summed E-state index contributed by atoms with van der Waals surface area (Å²) in [6.07, 6.45) is 0. The summed E-state index contributed by atoms with van der Waals surface area (Å²) >= 11 is 0. The predicted octanol–water partition coefficient (Wildman–Crippen LogP) is 0.882. The molecule has 0 atom stereocenters. The summed E-state index contributed by atoms with van der Waals surface area (Å²) in [4.78, 5) is 11.2. The van der Waals surface area contributed by atoms with Crippen LogP contribution in [0.4, 0.5) is 0 Å². The van der Waals surface area contributed by atoms with Crippen LogP contribution in [0.15, 0.2) is 11.4 Å². The Labute approximate surface area is 74.2 Å². The Balaban J connectivity index is 4.89. The molecule has 2 N–H and O–H groups in total. The van der Waals surface area contributed by atoms with Gasteiger partial charge in [0.15, 0.2) is 5.78 Å². The topological polar surface area (TPSA) is 41.1 Å². The van der Waals surface area contributed by atoms with Crippen molar-refractivity contribution in [3.05, 3.63) is 11.4 Å². The summed E-state index contributed by atoms with van der Waals surface area (Å²) in [5.41, 5.74) is 0.819. The van der Waals surface area contributed by atoms with Crippen molar-refractivity contribution < 1.29 is 4.79 Å². The van der Waals surface area contributed by atoms with Crippen molar-refractivity contribution in [2.45, 2.75) is 20.8 Å². The maximum Gasteiger partial charge on any atom is 0.159 e. The molecule has 0 heterocycles. The van der Waals surface area contributed by atoms with E-state index in [4.69, 9.17) is 0 Å². The first-order valence-electron chi connectivity index (χ1n) is 4.15. The normalized spacial score (nSPS) is 9.50. The minimum absolute atomic E-state index is 0.115. The molecule has 0 aromatic heterocycles. The number of carbonyl (C=O) groups excluding carboxylic acids is 1. The highest BCUT2D eigenvalue weighted by atomic mass is 16.1. The van der Waals surface area contributed by atoms with Crippen LogP contribution in [0.1, 0.15) is 20.8 Å². The predicted molar refractivity (Wildman–Crippen MR) is 50.7 cm³/mol. The quantitative estimate of drug-likeness (QED) is 0.615. The second-order valence-electron chi connectivity index (χ2n) is 3.00. The highest BCUT2D eigenvalue weighted by Gasteiger charge is 2.13. The average Bonchev–Trinajstić information content (AvgIpc) is 1.98. The van der Waals surface area contributed by atoms with E-state index >= 15 is 0 Å². The number of nitrogens with one attached hydrogen (secondary N) is 2. The lowest BCUT2D eigenvalue weighted by Crippen LogP contribution is -2.26. The lowest BCUT2D eigenvalue weighted by molar-refractivity contribution is -0.114. The van der Waals surface area contributed by atoms with Crippen molar-refractivity contribution in [2.75, 3.05) is 14.1 Å². The standard InChI is InChI=1S/C9H18N2O/c1-6(2)8(7(3)12)9(10-4)11-5/h6,10-11H,1-5H3. The molecule has 3 heteroatoms. The van der Waals surface area contributed by atoms with Gasteiger partial charge in [0.05, 0.1) is 0 Å². The fourth-order valence-electron chi connectivity index (χ4n) is 1.27. The molecule has 0 rings (SSSR count). The zero-order valence-corrected chi connectivity index (χ0v) is 8.49. The first kappa shape index (κ1) is 11.0. The smallest absolute Gasteiger partial charge is 0.159 e. The summed E-state index contributed by atoms with van der Waals surface area (Å²) in [5.74, 6) is 1.18. The van der Waals surface area contributed by atoms with E-state index in [1.807, 2.05) is 13.8 Å². The summed E-state index contributed by atoms with van der Waals surface area (Å²) in [6.45, 7) is 5.60. The van der Waals surface area contributed by atoms with Crippen molar-refractivity contribution >= 4 is 5.78 Å². The van der Waals surface area contributed by atoms with Crippen LogP contribution >= 0.6 is 0 Å². The van der Waals surface area contributed by atoms with Crippen LogP contribution < -0.4 is 10.6 Å². The summed E-state index contributed by atoms with van der Waals surface area (Å²) < 4.78 is 0. The Morgan fingerprint density at radius 1 is 1.17 bits per heavy atom. The van der Waals surface area contributed by atoms with Crippen LogP contribution in [0.5, 0.6) is 0 Å². The Morgan fingerprint density at radius 3 is 1.67 bits per heavy atom. The lowest BCUT2D eigenvalue weighted by Gasteiger charge is -2.14. The van der Waals surface area contributed by atoms with E-state index in [-0.39, 0.29) is 11.7 Å². The maximum absolute atomic E-state index is 11.2. The maximum atomic E-state index is 11.2. The van der Waals surface area contributed by atoms with E-state index in [0.717, 1.165) is 11.4 Å². The molecular weight excluding hydrogens is 152 g/mol. The Morgan fingerprint density at radius 2 is 1.58 bits per heavy atom. The number of ketones is 1. The molecule has 12 heavy (non-hydrogen) atoms. The number of hydrogen-bond acceptors (Lipinski definition) is 3. The van der Waals surface area contributed by atoms with E-state index in [9.17, 15) is 4.79 Å². The van der Waals surface area contributed by atoms with Gasteiger partial charge in [-0.25, -0.2) is 0 Å². The Hall–Kier alpha value is -0.990. The SMILES string of the molecule is CNC(NC)=C(C(C)=O)C(C)C. The Bertz CT molecular complexity index is 189. The van der Waals surface area contributed by atoms with Gasteiger partial charge in [-0.1, -0.05) is 13.8 Å². The van der Waals surface area contributed by atoms with Gasteiger partial charge < -0.3 is 10.6 Å². The van der Waals surface area contributed by atoms with Crippen molar-refractivity contribution in [1.29, 1.82) is 0 Å². The molecule has 0 aliphatic heterocycles. The third-order valence-electron chi connectivity index (χ3n) is 1.73. The third kappa shape index (κ3) is 2.57.